The minimum Gasteiger partial charge on any atom is -0.496 e. The number of hydrogen-bond acceptors (Lipinski definition) is 10. The predicted octanol–water partition coefficient (Wildman–Crippen LogP) is 5.88. The molecular formula is C39H50N2O10. The molecule has 0 N–H and O–H groups in total. The molecule has 3 aromatic rings. The van der Waals surface area contributed by atoms with Crippen molar-refractivity contribution in [1.29, 1.82) is 0 Å². The lowest BCUT2D eigenvalue weighted by atomic mass is 9.81. The van der Waals surface area contributed by atoms with Crippen LogP contribution in [0, 0.1) is 6.92 Å². The van der Waals surface area contributed by atoms with Crippen molar-refractivity contribution < 1.29 is 47.5 Å². The van der Waals surface area contributed by atoms with E-state index < -0.39 is 36.0 Å². The van der Waals surface area contributed by atoms with Gasteiger partial charge in [0, 0.05) is 36.6 Å². The van der Waals surface area contributed by atoms with Crippen LogP contribution in [0.3, 0.4) is 0 Å². The summed E-state index contributed by atoms with van der Waals surface area (Å²) in [4.78, 5) is 32.6. The Labute approximate surface area is 300 Å². The van der Waals surface area contributed by atoms with Gasteiger partial charge in [0.15, 0.2) is 29.2 Å². The smallest absolute Gasteiger partial charge is 0.413 e. The standard InChI is InChI=1S/C39H50N2O10/c1-23-33(46-7)26-20-28-37(49-10)41(38(43)51-39(2,3)4)27(18-25-16-17-30(44-5)31(19-25)45-6)36(42)40(28)29(32(26)35(48-9)34(23)47-8)22-50-21-24-14-12-11-13-15-24/h11-17,19,27-29,37H,18,20-22H2,1-10H3/t27-,28-,29-,37+/m0/s1. The summed E-state index contributed by atoms with van der Waals surface area (Å²) in [6, 6.07) is 12.9. The van der Waals surface area contributed by atoms with Gasteiger partial charge in [-0.3, -0.25) is 9.69 Å². The molecular weight excluding hydrogens is 656 g/mol. The van der Waals surface area contributed by atoms with E-state index in [0.29, 0.717) is 41.8 Å². The fraction of sp³-hybridized carbons (Fsp3) is 0.487. The second-order valence-corrected chi connectivity index (χ2v) is 13.6. The number of fused-ring (bicyclic) bond motifs is 2. The number of rotatable bonds is 12. The fourth-order valence-electron chi connectivity index (χ4n) is 7.31. The molecule has 2 heterocycles. The van der Waals surface area contributed by atoms with Gasteiger partial charge in [-0.2, -0.15) is 0 Å². The third-order valence-corrected chi connectivity index (χ3v) is 9.37. The topological polar surface area (TPSA) is 114 Å². The average Bonchev–Trinajstić information content (AvgIpc) is 3.11. The van der Waals surface area contributed by atoms with Gasteiger partial charge in [-0.05, 0) is 51.0 Å². The molecule has 276 valence electrons. The van der Waals surface area contributed by atoms with Crippen LogP contribution in [0.1, 0.15) is 54.6 Å². The summed E-state index contributed by atoms with van der Waals surface area (Å²) in [5, 5.41) is 0. The Bertz CT molecular complexity index is 1710. The number of methoxy groups -OCH3 is 6. The first-order valence-corrected chi connectivity index (χ1v) is 16.9. The van der Waals surface area contributed by atoms with E-state index in [2.05, 4.69) is 0 Å². The van der Waals surface area contributed by atoms with Crippen molar-refractivity contribution in [2.75, 3.05) is 49.3 Å². The van der Waals surface area contributed by atoms with E-state index in [1.54, 1.807) is 73.4 Å². The van der Waals surface area contributed by atoms with Crippen molar-refractivity contribution in [1.82, 2.24) is 9.80 Å². The Morgan fingerprint density at radius 2 is 1.47 bits per heavy atom. The number of amides is 2. The molecule has 12 nitrogen and oxygen atoms in total. The van der Waals surface area contributed by atoms with E-state index in [4.69, 9.17) is 37.9 Å². The van der Waals surface area contributed by atoms with Gasteiger partial charge in [0.05, 0.1) is 60.8 Å². The number of carbonyl (C=O) groups excluding carboxylic acids is 2. The Balaban J connectivity index is 1.69. The molecule has 0 radical (unpaired) electrons. The summed E-state index contributed by atoms with van der Waals surface area (Å²) in [7, 11) is 9.41. The van der Waals surface area contributed by atoms with Gasteiger partial charge >= 0.3 is 6.09 Å². The van der Waals surface area contributed by atoms with E-state index in [9.17, 15) is 4.79 Å². The molecule has 0 saturated carbocycles. The molecule has 0 spiro atoms. The molecule has 2 amide bonds. The lowest BCUT2D eigenvalue weighted by molar-refractivity contribution is -0.181. The summed E-state index contributed by atoms with van der Waals surface area (Å²) in [6.07, 6.45) is -1.12. The Morgan fingerprint density at radius 3 is 2.06 bits per heavy atom. The second kappa shape index (κ2) is 15.7. The maximum absolute atomic E-state index is 15.2. The van der Waals surface area contributed by atoms with Crippen molar-refractivity contribution in [3.8, 4) is 28.7 Å². The number of carbonyl (C=O) groups is 2. The monoisotopic (exact) mass is 706 g/mol. The van der Waals surface area contributed by atoms with Crippen LogP contribution in [0.15, 0.2) is 48.5 Å². The molecule has 1 fully saturated rings. The summed E-state index contributed by atoms with van der Waals surface area (Å²) in [5.74, 6) is 2.35. The van der Waals surface area contributed by atoms with Gasteiger partial charge in [0.2, 0.25) is 5.91 Å². The van der Waals surface area contributed by atoms with Crippen LogP contribution in [-0.2, 0) is 38.5 Å². The largest absolute Gasteiger partial charge is 0.496 e. The van der Waals surface area contributed by atoms with Crippen molar-refractivity contribution >= 4 is 12.0 Å². The summed E-state index contributed by atoms with van der Waals surface area (Å²) in [6.45, 7) is 7.70. The highest BCUT2D eigenvalue weighted by Gasteiger charge is 2.56. The van der Waals surface area contributed by atoms with Crippen LogP contribution in [0.5, 0.6) is 28.7 Å². The number of benzene rings is 3. The van der Waals surface area contributed by atoms with Crippen molar-refractivity contribution in [2.24, 2.45) is 0 Å². The van der Waals surface area contributed by atoms with Crippen molar-refractivity contribution in [3.63, 3.8) is 0 Å². The van der Waals surface area contributed by atoms with Gasteiger partial charge in [-0.15, -0.1) is 0 Å². The number of ether oxygens (including phenoxy) is 8. The van der Waals surface area contributed by atoms with Crippen LogP contribution in [0.25, 0.3) is 0 Å². The second-order valence-electron chi connectivity index (χ2n) is 13.6. The van der Waals surface area contributed by atoms with E-state index in [1.807, 2.05) is 43.3 Å². The lowest BCUT2D eigenvalue weighted by Crippen LogP contribution is -2.71. The maximum atomic E-state index is 15.2. The molecule has 1 saturated heterocycles. The summed E-state index contributed by atoms with van der Waals surface area (Å²) in [5.41, 5.74) is 3.19. The molecule has 5 rings (SSSR count). The first-order valence-electron chi connectivity index (χ1n) is 16.9. The molecule has 12 heteroatoms. The van der Waals surface area contributed by atoms with Gasteiger partial charge in [0.1, 0.15) is 17.4 Å². The molecule has 0 aliphatic carbocycles. The maximum Gasteiger partial charge on any atom is 0.413 e. The third kappa shape index (κ3) is 7.38. The van der Waals surface area contributed by atoms with Gasteiger partial charge in [-0.25, -0.2) is 4.79 Å². The molecule has 2 aliphatic heterocycles. The molecule has 4 atom stereocenters. The zero-order chi connectivity index (χ0) is 37.0. The van der Waals surface area contributed by atoms with E-state index in [1.165, 1.54) is 12.0 Å². The van der Waals surface area contributed by atoms with Gasteiger partial charge < -0.3 is 42.8 Å². The van der Waals surface area contributed by atoms with Crippen LogP contribution >= 0.6 is 0 Å². The molecule has 0 aromatic heterocycles. The Morgan fingerprint density at radius 1 is 0.804 bits per heavy atom. The predicted molar refractivity (Wildman–Crippen MR) is 190 cm³/mol. The van der Waals surface area contributed by atoms with Gasteiger partial charge in [0.25, 0.3) is 0 Å². The van der Waals surface area contributed by atoms with Crippen molar-refractivity contribution in [2.45, 2.75) is 77.1 Å². The first-order chi connectivity index (χ1) is 24.4. The number of nitrogens with zero attached hydrogens (tertiary/aromatic N) is 2. The van der Waals surface area contributed by atoms with Crippen LogP contribution in [-0.4, -0.2) is 95.0 Å². The van der Waals surface area contributed by atoms with Gasteiger partial charge in [-0.1, -0.05) is 36.4 Å². The number of hydrogen-bond donors (Lipinski definition) is 0. The SMILES string of the molecule is COc1ccc(C[C@H]2C(=O)N3[C@@H](COCc4ccccc4)c4c(c(OC)c(C)c(OC)c4OC)C[C@H]3[C@@H](OC)N2C(=O)OC(C)(C)C)cc1OC. The highest BCUT2D eigenvalue weighted by molar-refractivity contribution is 5.89. The summed E-state index contributed by atoms with van der Waals surface area (Å²) >= 11 is 0. The van der Waals surface area contributed by atoms with E-state index in [-0.39, 0.29) is 18.9 Å². The highest BCUT2D eigenvalue weighted by Crippen LogP contribution is 2.52. The van der Waals surface area contributed by atoms with Crippen LogP contribution in [0.2, 0.25) is 0 Å². The lowest BCUT2D eigenvalue weighted by Gasteiger charge is -2.54. The molecule has 3 aromatic carbocycles. The highest BCUT2D eigenvalue weighted by atomic mass is 16.6. The molecule has 2 aliphatic rings. The quantitative estimate of drug-likeness (QED) is 0.226. The minimum atomic E-state index is -1.02. The number of piperazine rings is 1. The molecule has 0 unspecified atom stereocenters. The van der Waals surface area contributed by atoms with E-state index >= 15 is 4.79 Å². The van der Waals surface area contributed by atoms with E-state index in [0.717, 1.165) is 27.8 Å². The molecule has 51 heavy (non-hydrogen) atoms. The average molecular weight is 707 g/mol. The Kier molecular flexibility index (Phi) is 11.6. The summed E-state index contributed by atoms with van der Waals surface area (Å²) < 4.78 is 47.5. The van der Waals surface area contributed by atoms with Crippen molar-refractivity contribution in [3.05, 3.63) is 76.3 Å². The van der Waals surface area contributed by atoms with Crippen LogP contribution < -0.4 is 23.7 Å². The first kappa shape index (κ1) is 37.6. The minimum absolute atomic E-state index is 0.113. The zero-order valence-corrected chi connectivity index (χ0v) is 31.2. The fourth-order valence-corrected chi connectivity index (χ4v) is 7.31. The zero-order valence-electron chi connectivity index (χ0n) is 31.2. The molecule has 0 bridgehead atoms. The normalized spacial score (nSPS) is 19.9. The Hall–Kier alpha value is -4.68. The van der Waals surface area contributed by atoms with Crippen LogP contribution in [0.4, 0.5) is 4.79 Å². The third-order valence-electron chi connectivity index (χ3n) is 9.37.